The van der Waals surface area contributed by atoms with Gasteiger partial charge in [0.2, 0.25) is 5.91 Å². The molecule has 1 saturated carbocycles. The summed E-state index contributed by atoms with van der Waals surface area (Å²) in [7, 11) is 0. The van der Waals surface area contributed by atoms with Crippen LogP contribution in [-0.2, 0) is 17.9 Å². The fourth-order valence-electron chi connectivity index (χ4n) is 2.52. The van der Waals surface area contributed by atoms with E-state index in [9.17, 15) is 4.79 Å². The molecular weight excluding hydrogens is 240 g/mol. The SMILES string of the molecule is CCNCc1cn(CC(=O)NC2CCCCC2)cn1. The Labute approximate surface area is 114 Å². The molecule has 0 bridgehead atoms. The topological polar surface area (TPSA) is 59.0 Å². The molecule has 19 heavy (non-hydrogen) atoms. The van der Waals surface area contributed by atoms with Gasteiger partial charge in [-0.1, -0.05) is 26.2 Å². The summed E-state index contributed by atoms with van der Waals surface area (Å²) < 4.78 is 1.85. The molecule has 1 aliphatic carbocycles. The summed E-state index contributed by atoms with van der Waals surface area (Å²) in [5.74, 6) is 0.0966. The van der Waals surface area contributed by atoms with Crippen molar-refractivity contribution in [3.63, 3.8) is 0 Å². The zero-order chi connectivity index (χ0) is 13.5. The Morgan fingerprint density at radius 2 is 2.21 bits per heavy atom. The number of carbonyl (C=O) groups excluding carboxylic acids is 1. The predicted molar refractivity (Wildman–Crippen MR) is 74.6 cm³/mol. The van der Waals surface area contributed by atoms with E-state index in [1.165, 1.54) is 19.3 Å². The number of imidazole rings is 1. The molecule has 1 aromatic heterocycles. The van der Waals surface area contributed by atoms with Crippen LogP contribution in [0.2, 0.25) is 0 Å². The van der Waals surface area contributed by atoms with Gasteiger partial charge < -0.3 is 15.2 Å². The number of rotatable bonds is 6. The first-order valence-electron chi connectivity index (χ1n) is 7.28. The van der Waals surface area contributed by atoms with Crippen LogP contribution >= 0.6 is 0 Å². The van der Waals surface area contributed by atoms with Crippen LogP contribution in [0.4, 0.5) is 0 Å². The molecule has 0 unspecified atom stereocenters. The molecule has 2 rings (SSSR count). The molecule has 1 amide bonds. The summed E-state index contributed by atoms with van der Waals surface area (Å²) in [5, 5.41) is 6.34. The summed E-state index contributed by atoms with van der Waals surface area (Å²) in [4.78, 5) is 16.2. The van der Waals surface area contributed by atoms with E-state index in [0.717, 1.165) is 31.6 Å². The van der Waals surface area contributed by atoms with Gasteiger partial charge in [0.15, 0.2) is 0 Å². The lowest BCUT2D eigenvalue weighted by Gasteiger charge is -2.22. The van der Waals surface area contributed by atoms with Crippen LogP contribution in [0.1, 0.15) is 44.7 Å². The Morgan fingerprint density at radius 3 is 2.95 bits per heavy atom. The van der Waals surface area contributed by atoms with Crippen LogP contribution in [0.25, 0.3) is 0 Å². The van der Waals surface area contributed by atoms with Gasteiger partial charge in [0, 0.05) is 18.8 Å². The first-order chi connectivity index (χ1) is 9.28. The maximum absolute atomic E-state index is 11.9. The highest BCUT2D eigenvalue weighted by Gasteiger charge is 2.15. The average Bonchev–Trinajstić information content (AvgIpc) is 2.85. The van der Waals surface area contributed by atoms with Crippen molar-refractivity contribution < 1.29 is 4.79 Å². The minimum atomic E-state index is 0.0966. The minimum Gasteiger partial charge on any atom is -0.352 e. The molecule has 5 nitrogen and oxygen atoms in total. The lowest BCUT2D eigenvalue weighted by atomic mass is 9.95. The Morgan fingerprint density at radius 1 is 1.42 bits per heavy atom. The van der Waals surface area contributed by atoms with Crippen LogP contribution in [0.15, 0.2) is 12.5 Å². The molecular formula is C14H24N4O. The van der Waals surface area contributed by atoms with Gasteiger partial charge in [0.25, 0.3) is 0 Å². The molecule has 0 saturated heterocycles. The first kappa shape index (κ1) is 14.1. The van der Waals surface area contributed by atoms with E-state index < -0.39 is 0 Å². The van der Waals surface area contributed by atoms with Crippen LogP contribution in [0, 0.1) is 0 Å². The number of nitrogens with one attached hydrogen (secondary N) is 2. The van der Waals surface area contributed by atoms with Gasteiger partial charge >= 0.3 is 0 Å². The molecule has 0 atom stereocenters. The molecule has 106 valence electrons. The van der Waals surface area contributed by atoms with Crippen LogP contribution in [0.3, 0.4) is 0 Å². The van der Waals surface area contributed by atoms with Crippen LogP contribution in [0.5, 0.6) is 0 Å². The number of carbonyl (C=O) groups is 1. The van der Waals surface area contributed by atoms with E-state index in [4.69, 9.17) is 0 Å². The second kappa shape index (κ2) is 7.28. The average molecular weight is 264 g/mol. The van der Waals surface area contributed by atoms with Gasteiger partial charge in [-0.05, 0) is 19.4 Å². The fourth-order valence-corrected chi connectivity index (χ4v) is 2.52. The lowest BCUT2D eigenvalue weighted by molar-refractivity contribution is -0.122. The second-order valence-corrected chi connectivity index (χ2v) is 5.22. The third kappa shape index (κ3) is 4.67. The Kier molecular flexibility index (Phi) is 5.39. The molecule has 0 radical (unpaired) electrons. The molecule has 1 heterocycles. The van der Waals surface area contributed by atoms with Crippen molar-refractivity contribution in [2.75, 3.05) is 6.54 Å². The van der Waals surface area contributed by atoms with Gasteiger partial charge in [-0.3, -0.25) is 4.79 Å². The number of hydrogen-bond acceptors (Lipinski definition) is 3. The van der Waals surface area contributed by atoms with E-state index in [-0.39, 0.29) is 5.91 Å². The Hall–Kier alpha value is -1.36. The van der Waals surface area contributed by atoms with Crippen molar-refractivity contribution in [2.45, 2.75) is 58.2 Å². The maximum Gasteiger partial charge on any atom is 0.240 e. The van der Waals surface area contributed by atoms with Crippen molar-refractivity contribution in [1.29, 1.82) is 0 Å². The summed E-state index contributed by atoms with van der Waals surface area (Å²) >= 11 is 0. The summed E-state index contributed by atoms with van der Waals surface area (Å²) in [5.41, 5.74) is 0.979. The third-order valence-electron chi connectivity index (χ3n) is 3.54. The highest BCUT2D eigenvalue weighted by Crippen LogP contribution is 2.17. The van der Waals surface area contributed by atoms with Gasteiger partial charge in [0.1, 0.15) is 6.54 Å². The van der Waals surface area contributed by atoms with Gasteiger partial charge in [-0.25, -0.2) is 4.98 Å². The van der Waals surface area contributed by atoms with E-state index >= 15 is 0 Å². The van der Waals surface area contributed by atoms with Crippen molar-refractivity contribution in [2.24, 2.45) is 0 Å². The number of nitrogens with zero attached hydrogens (tertiary/aromatic N) is 2. The fraction of sp³-hybridized carbons (Fsp3) is 0.714. The zero-order valence-electron chi connectivity index (χ0n) is 11.7. The zero-order valence-corrected chi connectivity index (χ0v) is 11.7. The Balaban J connectivity index is 1.76. The lowest BCUT2D eigenvalue weighted by Crippen LogP contribution is -2.38. The molecule has 0 aromatic carbocycles. The largest absolute Gasteiger partial charge is 0.352 e. The molecule has 0 spiro atoms. The van der Waals surface area contributed by atoms with E-state index in [1.807, 2.05) is 10.8 Å². The van der Waals surface area contributed by atoms with Crippen LogP contribution < -0.4 is 10.6 Å². The molecule has 1 fully saturated rings. The first-order valence-corrected chi connectivity index (χ1v) is 7.28. The summed E-state index contributed by atoms with van der Waals surface area (Å²) in [6, 6.07) is 0.381. The van der Waals surface area contributed by atoms with Crippen molar-refractivity contribution in [3.05, 3.63) is 18.2 Å². The number of amides is 1. The molecule has 1 aliphatic rings. The van der Waals surface area contributed by atoms with Gasteiger partial charge in [-0.2, -0.15) is 0 Å². The highest BCUT2D eigenvalue weighted by molar-refractivity contribution is 5.76. The van der Waals surface area contributed by atoms with E-state index in [1.54, 1.807) is 6.33 Å². The molecule has 5 heteroatoms. The highest BCUT2D eigenvalue weighted by atomic mass is 16.2. The van der Waals surface area contributed by atoms with Crippen molar-refractivity contribution >= 4 is 5.91 Å². The van der Waals surface area contributed by atoms with E-state index in [0.29, 0.717) is 12.6 Å². The third-order valence-corrected chi connectivity index (χ3v) is 3.54. The predicted octanol–water partition coefficient (Wildman–Crippen LogP) is 1.44. The second-order valence-electron chi connectivity index (χ2n) is 5.22. The smallest absolute Gasteiger partial charge is 0.240 e. The summed E-state index contributed by atoms with van der Waals surface area (Å²) in [6.07, 6.45) is 9.70. The van der Waals surface area contributed by atoms with Crippen LogP contribution in [-0.4, -0.2) is 28.0 Å². The van der Waals surface area contributed by atoms with Gasteiger partial charge in [-0.15, -0.1) is 0 Å². The quantitative estimate of drug-likeness (QED) is 0.817. The number of hydrogen-bond donors (Lipinski definition) is 2. The normalized spacial score (nSPS) is 16.5. The van der Waals surface area contributed by atoms with E-state index in [2.05, 4.69) is 22.5 Å². The summed E-state index contributed by atoms with van der Waals surface area (Å²) in [6.45, 7) is 4.12. The van der Waals surface area contributed by atoms with Gasteiger partial charge in [0.05, 0.1) is 12.0 Å². The van der Waals surface area contributed by atoms with Crippen molar-refractivity contribution in [3.8, 4) is 0 Å². The molecule has 1 aromatic rings. The molecule has 0 aliphatic heterocycles. The van der Waals surface area contributed by atoms with Crippen molar-refractivity contribution in [1.82, 2.24) is 20.2 Å². The molecule has 2 N–H and O–H groups in total. The number of aromatic nitrogens is 2. The Bertz CT molecular complexity index is 396. The maximum atomic E-state index is 11.9. The monoisotopic (exact) mass is 264 g/mol. The standard InChI is InChI=1S/C14H24N4O/c1-2-15-8-13-9-18(11-16-13)10-14(19)17-12-6-4-3-5-7-12/h9,11-12,15H,2-8,10H2,1H3,(H,17,19). The minimum absolute atomic E-state index is 0.0966.